The van der Waals surface area contributed by atoms with Gasteiger partial charge in [-0.05, 0) is 67.5 Å². The lowest BCUT2D eigenvalue weighted by Gasteiger charge is -2.29. The molecule has 0 radical (unpaired) electrons. The summed E-state index contributed by atoms with van der Waals surface area (Å²) in [6.45, 7) is 2.69. The van der Waals surface area contributed by atoms with Crippen molar-refractivity contribution in [2.75, 3.05) is 32.0 Å². The van der Waals surface area contributed by atoms with Gasteiger partial charge in [0.15, 0.2) is 29.0 Å². The second-order valence-electron chi connectivity index (χ2n) is 8.56. The Morgan fingerprint density at radius 2 is 1.62 bits per heavy atom. The Morgan fingerprint density at radius 1 is 0.906 bits per heavy atom. The van der Waals surface area contributed by atoms with Gasteiger partial charge in [-0.2, -0.15) is 0 Å². The topological polar surface area (TPSA) is 99.4 Å². The zero-order valence-corrected chi connectivity index (χ0v) is 18.1. The monoisotopic (exact) mass is 438 g/mol. The van der Waals surface area contributed by atoms with Gasteiger partial charge < -0.3 is 35.3 Å². The Balaban J connectivity index is 1.29. The van der Waals surface area contributed by atoms with Gasteiger partial charge in [-0.15, -0.1) is 0 Å². The van der Waals surface area contributed by atoms with Gasteiger partial charge in [0.25, 0.3) is 0 Å². The second kappa shape index (κ2) is 9.56. The zero-order chi connectivity index (χ0) is 21.8. The van der Waals surface area contributed by atoms with E-state index >= 15 is 0 Å². The molecule has 0 amide bonds. The highest BCUT2D eigenvalue weighted by atomic mass is 16.7. The number of fused-ring (bicyclic) bond motifs is 2. The van der Waals surface area contributed by atoms with Gasteiger partial charge in [-0.25, -0.2) is 4.99 Å². The standard InChI is InChI=1S/C24H30N4O4/c25-11-16-2-1-3-17(8-16)12-26-24(28-19-5-7-21-23(10-19)32-15-30-21)27-13-18-4-6-20-22(9-18)31-14-29-20/h4-7,9-10,16-17H,1-3,8,11-15,25H2,(H2,26,27,28). The van der Waals surface area contributed by atoms with Crippen molar-refractivity contribution in [1.29, 1.82) is 0 Å². The molecule has 1 fully saturated rings. The van der Waals surface area contributed by atoms with Crippen LogP contribution in [0.15, 0.2) is 41.4 Å². The number of anilines is 1. The fourth-order valence-corrected chi connectivity index (χ4v) is 4.50. The normalized spacial score (nSPS) is 21.5. The number of nitrogens with two attached hydrogens (primary N) is 1. The van der Waals surface area contributed by atoms with Crippen LogP contribution in [0.1, 0.15) is 31.2 Å². The number of benzene rings is 2. The first kappa shape index (κ1) is 20.8. The number of aliphatic imine (C=N–C) groups is 1. The molecule has 5 rings (SSSR count). The zero-order valence-electron chi connectivity index (χ0n) is 18.1. The minimum Gasteiger partial charge on any atom is -0.454 e. The van der Waals surface area contributed by atoms with Crippen molar-refractivity contribution < 1.29 is 18.9 Å². The average Bonchev–Trinajstić information content (AvgIpc) is 3.49. The van der Waals surface area contributed by atoms with Crippen LogP contribution in [0.25, 0.3) is 0 Å². The predicted octanol–water partition coefficient (Wildman–Crippen LogP) is 3.47. The van der Waals surface area contributed by atoms with Crippen molar-refractivity contribution in [2.45, 2.75) is 32.2 Å². The molecular formula is C24H30N4O4. The largest absolute Gasteiger partial charge is 0.454 e. The number of rotatable bonds is 6. The number of hydrogen-bond donors (Lipinski definition) is 3. The maximum atomic E-state index is 5.92. The molecule has 2 aromatic rings. The van der Waals surface area contributed by atoms with E-state index in [1.807, 2.05) is 36.4 Å². The van der Waals surface area contributed by atoms with Crippen LogP contribution in [0.4, 0.5) is 5.69 Å². The molecule has 0 aromatic heterocycles. The molecule has 2 heterocycles. The number of hydrogen-bond acceptors (Lipinski definition) is 6. The molecule has 0 bridgehead atoms. The van der Waals surface area contributed by atoms with E-state index in [9.17, 15) is 0 Å². The van der Waals surface area contributed by atoms with Crippen molar-refractivity contribution in [3.8, 4) is 23.0 Å². The van der Waals surface area contributed by atoms with E-state index in [-0.39, 0.29) is 13.6 Å². The minimum atomic E-state index is 0.256. The van der Waals surface area contributed by atoms with E-state index in [0.717, 1.165) is 53.3 Å². The number of ether oxygens (including phenoxy) is 4. The Bertz CT molecular complexity index is 980. The molecule has 0 spiro atoms. The number of nitrogens with one attached hydrogen (secondary N) is 2. The lowest BCUT2D eigenvalue weighted by molar-refractivity contribution is 0.173. The number of guanidine groups is 1. The Morgan fingerprint density at radius 3 is 2.44 bits per heavy atom. The Labute approximate surface area is 188 Å². The van der Waals surface area contributed by atoms with Crippen molar-refractivity contribution >= 4 is 11.6 Å². The Kier molecular flexibility index (Phi) is 6.20. The van der Waals surface area contributed by atoms with E-state index < -0.39 is 0 Å². The van der Waals surface area contributed by atoms with Gasteiger partial charge in [0.05, 0.1) is 6.54 Å². The first-order valence-electron chi connectivity index (χ1n) is 11.3. The van der Waals surface area contributed by atoms with Gasteiger partial charge >= 0.3 is 0 Å². The molecule has 32 heavy (non-hydrogen) atoms. The van der Waals surface area contributed by atoms with Crippen molar-refractivity contribution in [1.82, 2.24) is 5.32 Å². The summed E-state index contributed by atoms with van der Waals surface area (Å²) in [5.41, 5.74) is 7.88. The van der Waals surface area contributed by atoms with Crippen LogP contribution in [0, 0.1) is 11.8 Å². The molecule has 2 aliphatic heterocycles. The van der Waals surface area contributed by atoms with Gasteiger partial charge in [0.2, 0.25) is 13.6 Å². The van der Waals surface area contributed by atoms with Crippen LogP contribution < -0.4 is 35.3 Å². The van der Waals surface area contributed by atoms with E-state index in [1.165, 1.54) is 25.7 Å². The third-order valence-electron chi connectivity index (χ3n) is 6.27. The van der Waals surface area contributed by atoms with E-state index in [1.54, 1.807) is 0 Å². The summed E-state index contributed by atoms with van der Waals surface area (Å²) in [6.07, 6.45) is 4.88. The smallest absolute Gasteiger partial charge is 0.231 e. The summed E-state index contributed by atoms with van der Waals surface area (Å²) >= 11 is 0. The van der Waals surface area contributed by atoms with Crippen LogP contribution in [-0.2, 0) is 6.54 Å². The summed E-state index contributed by atoms with van der Waals surface area (Å²) in [5.74, 6) is 5.02. The predicted molar refractivity (Wildman–Crippen MR) is 122 cm³/mol. The van der Waals surface area contributed by atoms with E-state index in [0.29, 0.717) is 18.4 Å². The molecule has 8 heteroatoms. The molecular weight excluding hydrogens is 408 g/mol. The molecule has 8 nitrogen and oxygen atoms in total. The van der Waals surface area contributed by atoms with Crippen molar-refractivity contribution in [3.05, 3.63) is 42.0 Å². The molecule has 2 unspecified atom stereocenters. The highest BCUT2D eigenvalue weighted by Crippen LogP contribution is 2.35. The van der Waals surface area contributed by atoms with Crippen molar-refractivity contribution in [2.24, 2.45) is 22.6 Å². The highest BCUT2D eigenvalue weighted by molar-refractivity contribution is 5.94. The van der Waals surface area contributed by atoms with E-state index in [4.69, 9.17) is 29.7 Å². The third-order valence-corrected chi connectivity index (χ3v) is 6.27. The minimum absolute atomic E-state index is 0.256. The fourth-order valence-electron chi connectivity index (χ4n) is 4.50. The lowest BCUT2D eigenvalue weighted by Crippen LogP contribution is -2.37. The lowest BCUT2D eigenvalue weighted by atomic mass is 9.81. The second-order valence-corrected chi connectivity index (χ2v) is 8.56. The van der Waals surface area contributed by atoms with Gasteiger partial charge in [-0.3, -0.25) is 0 Å². The Hall–Kier alpha value is -3.13. The summed E-state index contributed by atoms with van der Waals surface area (Å²) in [5, 5.41) is 6.96. The van der Waals surface area contributed by atoms with E-state index in [2.05, 4.69) is 10.6 Å². The molecule has 4 N–H and O–H groups in total. The van der Waals surface area contributed by atoms with Crippen LogP contribution in [-0.4, -0.2) is 32.6 Å². The number of nitrogens with zero attached hydrogens (tertiary/aromatic N) is 1. The maximum absolute atomic E-state index is 5.92. The van der Waals surface area contributed by atoms with Gasteiger partial charge in [-0.1, -0.05) is 12.5 Å². The van der Waals surface area contributed by atoms with Crippen LogP contribution >= 0.6 is 0 Å². The molecule has 3 aliphatic rings. The molecule has 0 saturated heterocycles. The first-order valence-corrected chi connectivity index (χ1v) is 11.3. The summed E-state index contributed by atoms with van der Waals surface area (Å²) < 4.78 is 21.8. The highest BCUT2D eigenvalue weighted by Gasteiger charge is 2.21. The molecule has 170 valence electrons. The SMILES string of the molecule is NCC1CCCC(CNC(=NCc2ccc3c(c2)OCO3)Nc2ccc3c(c2)OCO3)C1. The summed E-state index contributed by atoms with van der Waals surface area (Å²) in [7, 11) is 0. The van der Waals surface area contributed by atoms with Gasteiger partial charge in [0.1, 0.15) is 0 Å². The first-order chi connectivity index (χ1) is 15.8. The van der Waals surface area contributed by atoms with Crippen LogP contribution in [0.3, 0.4) is 0 Å². The molecule has 1 aliphatic carbocycles. The summed E-state index contributed by atoms with van der Waals surface area (Å²) in [6, 6.07) is 11.7. The quantitative estimate of drug-likeness (QED) is 0.469. The molecule has 2 atom stereocenters. The molecule has 1 saturated carbocycles. The maximum Gasteiger partial charge on any atom is 0.231 e. The summed E-state index contributed by atoms with van der Waals surface area (Å²) in [4.78, 5) is 4.83. The van der Waals surface area contributed by atoms with Crippen LogP contribution in [0.5, 0.6) is 23.0 Å². The fraction of sp³-hybridized carbons (Fsp3) is 0.458. The average molecular weight is 439 g/mol. The molecule has 2 aromatic carbocycles. The van der Waals surface area contributed by atoms with Gasteiger partial charge in [0, 0.05) is 18.3 Å². The third kappa shape index (κ3) is 4.85. The van der Waals surface area contributed by atoms with Crippen LogP contribution in [0.2, 0.25) is 0 Å². The van der Waals surface area contributed by atoms with Crippen molar-refractivity contribution in [3.63, 3.8) is 0 Å².